The standard InChI is InChI=1S/C13H15Cl2NO4S/c1-20-11-8(14)5-7(6-9(11)15)12(17)16-10(13(18)19)3-4-21-2/h5-6,10H,3-4H2,1-2H3,(H,16,17)(H,18,19)/t10-/m0/s1. The molecule has 1 rings (SSSR count). The first-order valence-corrected chi connectivity index (χ1v) is 8.11. The first-order chi connectivity index (χ1) is 9.90. The number of carboxylic acid groups (broad SMARTS) is 1. The molecule has 116 valence electrons. The Labute approximate surface area is 136 Å². The quantitative estimate of drug-likeness (QED) is 0.789. The van der Waals surface area contributed by atoms with Gasteiger partial charge in [0, 0.05) is 5.56 Å². The van der Waals surface area contributed by atoms with Crippen LogP contribution in [0.15, 0.2) is 12.1 Å². The predicted molar refractivity (Wildman–Crippen MR) is 84.9 cm³/mol. The molecule has 1 atom stereocenters. The van der Waals surface area contributed by atoms with Gasteiger partial charge >= 0.3 is 5.97 Å². The predicted octanol–water partition coefficient (Wildman–Crippen LogP) is 2.94. The van der Waals surface area contributed by atoms with E-state index in [1.54, 1.807) is 0 Å². The van der Waals surface area contributed by atoms with Gasteiger partial charge in [0.1, 0.15) is 6.04 Å². The Morgan fingerprint density at radius 2 is 1.95 bits per heavy atom. The lowest BCUT2D eigenvalue weighted by Crippen LogP contribution is -2.41. The Morgan fingerprint density at radius 3 is 2.38 bits per heavy atom. The van der Waals surface area contributed by atoms with Crippen LogP contribution in [0.1, 0.15) is 16.8 Å². The van der Waals surface area contributed by atoms with Crippen molar-refractivity contribution in [2.24, 2.45) is 0 Å². The molecule has 0 bridgehead atoms. The second-order valence-corrected chi connectivity index (χ2v) is 5.92. The van der Waals surface area contributed by atoms with Gasteiger partial charge in [-0.1, -0.05) is 23.2 Å². The van der Waals surface area contributed by atoms with Gasteiger partial charge in [-0.05, 0) is 30.6 Å². The summed E-state index contributed by atoms with van der Waals surface area (Å²) in [6.07, 6.45) is 2.20. The zero-order valence-corrected chi connectivity index (χ0v) is 13.8. The lowest BCUT2D eigenvalue weighted by Gasteiger charge is -2.15. The summed E-state index contributed by atoms with van der Waals surface area (Å²) in [6.45, 7) is 0. The summed E-state index contributed by atoms with van der Waals surface area (Å²) in [5, 5.41) is 11.9. The average molecular weight is 352 g/mol. The number of aliphatic carboxylic acids is 1. The van der Waals surface area contributed by atoms with Crippen LogP contribution in [0.3, 0.4) is 0 Å². The van der Waals surface area contributed by atoms with Crippen molar-refractivity contribution in [2.75, 3.05) is 19.1 Å². The Bertz CT molecular complexity index is 516. The Hall–Kier alpha value is -1.11. The number of carboxylic acids is 1. The van der Waals surface area contributed by atoms with E-state index in [0.29, 0.717) is 12.2 Å². The van der Waals surface area contributed by atoms with Crippen LogP contribution in [0.5, 0.6) is 5.75 Å². The summed E-state index contributed by atoms with van der Waals surface area (Å²) in [5.41, 5.74) is 0.182. The fourth-order valence-corrected chi connectivity index (χ4v) is 2.73. The van der Waals surface area contributed by atoms with Crippen molar-refractivity contribution in [1.29, 1.82) is 0 Å². The molecule has 1 aromatic carbocycles. The van der Waals surface area contributed by atoms with E-state index in [1.807, 2.05) is 6.26 Å². The first kappa shape index (κ1) is 17.9. The molecule has 0 aliphatic heterocycles. The van der Waals surface area contributed by atoms with Crippen LogP contribution in [-0.2, 0) is 4.79 Å². The molecule has 5 nitrogen and oxygen atoms in total. The Kier molecular flexibility index (Phi) is 7.14. The van der Waals surface area contributed by atoms with Crippen LogP contribution in [0.4, 0.5) is 0 Å². The van der Waals surface area contributed by atoms with E-state index in [4.69, 9.17) is 33.0 Å². The van der Waals surface area contributed by atoms with Crippen molar-refractivity contribution in [3.63, 3.8) is 0 Å². The molecule has 8 heteroatoms. The van der Waals surface area contributed by atoms with Crippen LogP contribution in [0.25, 0.3) is 0 Å². The third-order valence-electron chi connectivity index (χ3n) is 2.68. The van der Waals surface area contributed by atoms with Crippen molar-refractivity contribution >= 4 is 46.8 Å². The lowest BCUT2D eigenvalue weighted by atomic mass is 10.1. The number of carbonyl (C=O) groups is 2. The number of carbonyl (C=O) groups excluding carboxylic acids is 1. The zero-order chi connectivity index (χ0) is 16.0. The van der Waals surface area contributed by atoms with Gasteiger partial charge < -0.3 is 15.2 Å². The molecule has 21 heavy (non-hydrogen) atoms. The third kappa shape index (κ3) is 4.98. The number of benzene rings is 1. The van der Waals surface area contributed by atoms with Gasteiger partial charge in [0.05, 0.1) is 17.2 Å². The Balaban J connectivity index is 2.90. The average Bonchev–Trinajstić information content (AvgIpc) is 2.42. The van der Waals surface area contributed by atoms with Crippen molar-refractivity contribution in [3.05, 3.63) is 27.7 Å². The highest BCUT2D eigenvalue weighted by Gasteiger charge is 2.21. The van der Waals surface area contributed by atoms with Crippen LogP contribution in [0.2, 0.25) is 10.0 Å². The number of hydrogen-bond donors (Lipinski definition) is 2. The van der Waals surface area contributed by atoms with Gasteiger partial charge in [-0.15, -0.1) is 0 Å². The monoisotopic (exact) mass is 351 g/mol. The molecule has 0 radical (unpaired) electrons. The van der Waals surface area contributed by atoms with E-state index in [2.05, 4.69) is 5.32 Å². The number of rotatable bonds is 7. The molecule has 0 aromatic heterocycles. The van der Waals surface area contributed by atoms with Crippen molar-refractivity contribution < 1.29 is 19.4 Å². The molecule has 0 saturated heterocycles. The van der Waals surface area contributed by atoms with E-state index >= 15 is 0 Å². The second kappa shape index (κ2) is 8.36. The minimum absolute atomic E-state index is 0.182. The molecule has 0 unspecified atom stereocenters. The summed E-state index contributed by atoms with van der Waals surface area (Å²) < 4.78 is 4.99. The molecular formula is C13H15Cl2NO4S. The molecule has 0 aliphatic carbocycles. The van der Waals surface area contributed by atoms with Crippen LogP contribution in [0, 0.1) is 0 Å². The zero-order valence-electron chi connectivity index (χ0n) is 11.5. The SMILES string of the molecule is COc1c(Cl)cc(C(=O)N[C@@H](CCSC)C(=O)O)cc1Cl. The normalized spacial score (nSPS) is 11.8. The number of thioether (sulfide) groups is 1. The van der Waals surface area contributed by atoms with Gasteiger partial charge in [-0.2, -0.15) is 11.8 Å². The number of amides is 1. The number of ether oxygens (including phenoxy) is 1. The van der Waals surface area contributed by atoms with Crippen LogP contribution in [-0.4, -0.2) is 42.1 Å². The maximum absolute atomic E-state index is 12.1. The first-order valence-electron chi connectivity index (χ1n) is 5.96. The summed E-state index contributed by atoms with van der Waals surface area (Å²) in [6, 6.07) is 1.81. The minimum Gasteiger partial charge on any atom is -0.494 e. The number of nitrogens with one attached hydrogen (secondary N) is 1. The van der Waals surface area contributed by atoms with Crippen molar-refractivity contribution in [3.8, 4) is 5.75 Å². The maximum atomic E-state index is 12.1. The summed E-state index contributed by atoms with van der Waals surface area (Å²) in [4.78, 5) is 23.2. The molecule has 0 aliphatic rings. The Morgan fingerprint density at radius 1 is 1.38 bits per heavy atom. The van der Waals surface area contributed by atoms with Gasteiger partial charge in [0.25, 0.3) is 5.91 Å². The molecule has 0 saturated carbocycles. The van der Waals surface area contributed by atoms with Crippen molar-refractivity contribution in [1.82, 2.24) is 5.32 Å². The summed E-state index contributed by atoms with van der Waals surface area (Å²) >= 11 is 13.4. The van der Waals surface area contributed by atoms with Gasteiger partial charge in [0.2, 0.25) is 0 Å². The molecule has 1 aromatic rings. The van der Waals surface area contributed by atoms with Gasteiger partial charge in [-0.3, -0.25) is 4.79 Å². The third-order valence-corrected chi connectivity index (χ3v) is 3.88. The number of methoxy groups -OCH3 is 1. The summed E-state index contributed by atoms with van der Waals surface area (Å²) in [7, 11) is 1.41. The summed E-state index contributed by atoms with van der Waals surface area (Å²) in [5.74, 6) is -0.730. The van der Waals surface area contributed by atoms with Crippen LogP contribution >= 0.6 is 35.0 Å². The molecule has 1 amide bonds. The fourth-order valence-electron chi connectivity index (χ4n) is 1.62. The van der Waals surface area contributed by atoms with E-state index in [1.165, 1.54) is 31.0 Å². The lowest BCUT2D eigenvalue weighted by molar-refractivity contribution is -0.139. The van der Waals surface area contributed by atoms with Crippen LogP contribution < -0.4 is 10.1 Å². The second-order valence-electron chi connectivity index (χ2n) is 4.12. The fraction of sp³-hybridized carbons (Fsp3) is 0.385. The number of halogens is 2. The molecule has 0 heterocycles. The topological polar surface area (TPSA) is 75.6 Å². The highest BCUT2D eigenvalue weighted by Crippen LogP contribution is 2.33. The molecular weight excluding hydrogens is 337 g/mol. The minimum atomic E-state index is -1.08. The van der Waals surface area contributed by atoms with Crippen molar-refractivity contribution in [2.45, 2.75) is 12.5 Å². The highest BCUT2D eigenvalue weighted by molar-refractivity contribution is 7.98. The van der Waals surface area contributed by atoms with E-state index in [9.17, 15) is 9.59 Å². The van der Waals surface area contributed by atoms with E-state index in [0.717, 1.165) is 0 Å². The number of hydrogen-bond acceptors (Lipinski definition) is 4. The van der Waals surface area contributed by atoms with Gasteiger partial charge in [-0.25, -0.2) is 4.79 Å². The molecule has 2 N–H and O–H groups in total. The largest absolute Gasteiger partial charge is 0.494 e. The smallest absolute Gasteiger partial charge is 0.326 e. The van der Waals surface area contributed by atoms with E-state index in [-0.39, 0.29) is 21.4 Å². The maximum Gasteiger partial charge on any atom is 0.326 e. The molecule has 0 spiro atoms. The highest BCUT2D eigenvalue weighted by atomic mass is 35.5. The van der Waals surface area contributed by atoms with E-state index < -0.39 is 17.9 Å². The molecule has 0 fully saturated rings. The van der Waals surface area contributed by atoms with Gasteiger partial charge in [0.15, 0.2) is 5.75 Å².